The second-order valence-corrected chi connectivity index (χ2v) is 4.97. The van der Waals surface area contributed by atoms with Crippen LogP contribution in [0.25, 0.3) is 0 Å². The van der Waals surface area contributed by atoms with Gasteiger partial charge in [-0.3, -0.25) is 10.00 Å². The lowest BCUT2D eigenvalue weighted by Crippen LogP contribution is -2.22. The summed E-state index contributed by atoms with van der Waals surface area (Å²) in [5.41, 5.74) is 3.82. The topological polar surface area (TPSA) is 41.2 Å². The van der Waals surface area contributed by atoms with Crippen molar-refractivity contribution in [2.45, 2.75) is 33.2 Å². The Kier molecular flexibility index (Phi) is 4.18. The van der Waals surface area contributed by atoms with Crippen LogP contribution in [0, 0.1) is 12.8 Å². The third kappa shape index (κ3) is 2.87. The van der Waals surface area contributed by atoms with E-state index in [1.54, 1.807) is 7.11 Å². The maximum absolute atomic E-state index is 5.22. The standard InChI is InChI=1S/C13H23N3O/c1-4-12-10(2)13(15-14-12)8-16-6-5-11(7-16)9-17-3/h11H,4-9H2,1-3H3,(H,14,15). The Hall–Kier alpha value is -0.870. The molecule has 2 rings (SSSR count). The molecule has 1 unspecified atom stereocenters. The third-order valence-corrected chi connectivity index (χ3v) is 3.70. The maximum atomic E-state index is 5.22. The number of aromatic nitrogens is 2. The lowest BCUT2D eigenvalue weighted by molar-refractivity contribution is 0.152. The third-order valence-electron chi connectivity index (χ3n) is 3.70. The average Bonchev–Trinajstić information content (AvgIpc) is 2.89. The van der Waals surface area contributed by atoms with Crippen LogP contribution in [0.5, 0.6) is 0 Å². The summed E-state index contributed by atoms with van der Waals surface area (Å²) >= 11 is 0. The van der Waals surface area contributed by atoms with Crippen LogP contribution in [-0.4, -0.2) is 41.9 Å². The fourth-order valence-electron chi connectivity index (χ4n) is 2.63. The number of hydrogen-bond acceptors (Lipinski definition) is 3. The van der Waals surface area contributed by atoms with Crippen LogP contribution in [0.2, 0.25) is 0 Å². The molecule has 0 bridgehead atoms. The highest BCUT2D eigenvalue weighted by Crippen LogP contribution is 2.20. The molecule has 0 spiro atoms. The van der Waals surface area contributed by atoms with Crippen molar-refractivity contribution >= 4 is 0 Å². The molecule has 1 aromatic rings. The summed E-state index contributed by atoms with van der Waals surface area (Å²) in [6.07, 6.45) is 2.26. The van der Waals surface area contributed by atoms with Crippen LogP contribution in [0.1, 0.15) is 30.3 Å². The van der Waals surface area contributed by atoms with Crippen molar-refractivity contribution in [2.24, 2.45) is 5.92 Å². The molecule has 17 heavy (non-hydrogen) atoms. The highest BCUT2D eigenvalue weighted by molar-refractivity contribution is 5.23. The van der Waals surface area contributed by atoms with Gasteiger partial charge in [-0.05, 0) is 37.8 Å². The fraction of sp³-hybridized carbons (Fsp3) is 0.769. The first-order valence-corrected chi connectivity index (χ1v) is 6.48. The van der Waals surface area contributed by atoms with E-state index < -0.39 is 0 Å². The van der Waals surface area contributed by atoms with Crippen LogP contribution in [0.3, 0.4) is 0 Å². The Morgan fingerprint density at radius 1 is 1.53 bits per heavy atom. The largest absolute Gasteiger partial charge is 0.384 e. The molecule has 4 heteroatoms. The molecule has 1 aromatic heterocycles. The first kappa shape index (κ1) is 12.6. The van der Waals surface area contributed by atoms with Crippen LogP contribution < -0.4 is 0 Å². The molecule has 0 aliphatic carbocycles. The zero-order valence-electron chi connectivity index (χ0n) is 11.1. The predicted octanol–water partition coefficient (Wildman–Crippen LogP) is 1.75. The van der Waals surface area contributed by atoms with E-state index in [-0.39, 0.29) is 0 Å². The molecule has 96 valence electrons. The Labute approximate surface area is 103 Å². The number of aryl methyl sites for hydroxylation is 1. The van der Waals surface area contributed by atoms with Crippen LogP contribution in [0.4, 0.5) is 0 Å². The Balaban J connectivity index is 1.91. The second-order valence-electron chi connectivity index (χ2n) is 4.97. The summed E-state index contributed by atoms with van der Waals surface area (Å²) in [4.78, 5) is 2.49. The lowest BCUT2D eigenvalue weighted by atomic mass is 10.1. The Morgan fingerprint density at radius 2 is 2.35 bits per heavy atom. The summed E-state index contributed by atoms with van der Waals surface area (Å²) < 4.78 is 5.22. The number of aromatic amines is 1. The normalized spacial score (nSPS) is 21.2. The van der Waals surface area contributed by atoms with Gasteiger partial charge in [0.05, 0.1) is 18.0 Å². The summed E-state index contributed by atoms with van der Waals surface area (Å²) in [6, 6.07) is 0. The van der Waals surface area contributed by atoms with Gasteiger partial charge in [0.1, 0.15) is 0 Å². The van der Waals surface area contributed by atoms with E-state index in [2.05, 4.69) is 28.9 Å². The van der Waals surface area contributed by atoms with E-state index in [4.69, 9.17) is 4.74 Å². The van der Waals surface area contributed by atoms with Gasteiger partial charge in [0.2, 0.25) is 0 Å². The Morgan fingerprint density at radius 3 is 3.00 bits per heavy atom. The second kappa shape index (κ2) is 5.65. The number of nitrogens with one attached hydrogen (secondary N) is 1. The minimum absolute atomic E-state index is 0.703. The summed E-state index contributed by atoms with van der Waals surface area (Å²) in [6.45, 7) is 8.53. The number of likely N-dealkylation sites (tertiary alicyclic amines) is 1. The highest BCUT2D eigenvalue weighted by atomic mass is 16.5. The van der Waals surface area contributed by atoms with Gasteiger partial charge in [0.15, 0.2) is 0 Å². The van der Waals surface area contributed by atoms with E-state index in [1.165, 1.54) is 29.9 Å². The van der Waals surface area contributed by atoms with E-state index >= 15 is 0 Å². The van der Waals surface area contributed by atoms with Crippen molar-refractivity contribution in [3.63, 3.8) is 0 Å². The number of H-pyrrole nitrogens is 1. The average molecular weight is 237 g/mol. The zero-order valence-corrected chi connectivity index (χ0v) is 11.1. The first-order valence-electron chi connectivity index (χ1n) is 6.48. The van der Waals surface area contributed by atoms with E-state index in [0.29, 0.717) is 5.92 Å². The summed E-state index contributed by atoms with van der Waals surface area (Å²) in [5.74, 6) is 0.703. The molecule has 2 heterocycles. The molecule has 1 N–H and O–H groups in total. The fourth-order valence-corrected chi connectivity index (χ4v) is 2.63. The number of ether oxygens (including phenoxy) is 1. The monoisotopic (exact) mass is 237 g/mol. The van der Waals surface area contributed by atoms with Gasteiger partial charge in [-0.2, -0.15) is 5.10 Å². The van der Waals surface area contributed by atoms with Crippen LogP contribution in [0.15, 0.2) is 0 Å². The molecule has 0 saturated carbocycles. The minimum Gasteiger partial charge on any atom is -0.384 e. The number of nitrogens with zero attached hydrogens (tertiary/aromatic N) is 2. The van der Waals surface area contributed by atoms with Crippen LogP contribution in [-0.2, 0) is 17.7 Å². The zero-order chi connectivity index (χ0) is 12.3. The molecule has 1 saturated heterocycles. The molecule has 1 atom stereocenters. The predicted molar refractivity (Wildman–Crippen MR) is 68.0 cm³/mol. The molecular formula is C13H23N3O. The molecule has 1 aliphatic heterocycles. The number of methoxy groups -OCH3 is 1. The van der Waals surface area contributed by atoms with Crippen molar-refractivity contribution in [2.75, 3.05) is 26.8 Å². The van der Waals surface area contributed by atoms with E-state index in [9.17, 15) is 0 Å². The minimum atomic E-state index is 0.703. The van der Waals surface area contributed by atoms with E-state index in [1.807, 2.05) is 0 Å². The van der Waals surface area contributed by atoms with Gasteiger partial charge < -0.3 is 4.74 Å². The first-order chi connectivity index (χ1) is 8.24. The van der Waals surface area contributed by atoms with E-state index in [0.717, 1.165) is 26.1 Å². The van der Waals surface area contributed by atoms with Crippen molar-refractivity contribution in [3.8, 4) is 0 Å². The van der Waals surface area contributed by atoms with Gasteiger partial charge in [-0.25, -0.2) is 0 Å². The summed E-state index contributed by atoms with van der Waals surface area (Å²) in [7, 11) is 1.79. The van der Waals surface area contributed by atoms with Gasteiger partial charge in [0.25, 0.3) is 0 Å². The van der Waals surface area contributed by atoms with Gasteiger partial charge >= 0.3 is 0 Å². The molecular weight excluding hydrogens is 214 g/mol. The van der Waals surface area contributed by atoms with Crippen molar-refractivity contribution in [1.29, 1.82) is 0 Å². The summed E-state index contributed by atoms with van der Waals surface area (Å²) in [5, 5.41) is 7.53. The highest BCUT2D eigenvalue weighted by Gasteiger charge is 2.23. The molecule has 4 nitrogen and oxygen atoms in total. The van der Waals surface area contributed by atoms with Gasteiger partial charge in [0, 0.05) is 20.2 Å². The molecule has 1 aliphatic rings. The van der Waals surface area contributed by atoms with Crippen molar-refractivity contribution < 1.29 is 4.74 Å². The quantitative estimate of drug-likeness (QED) is 0.848. The number of rotatable bonds is 5. The maximum Gasteiger partial charge on any atom is 0.0651 e. The van der Waals surface area contributed by atoms with Crippen LogP contribution >= 0.6 is 0 Å². The molecule has 0 aromatic carbocycles. The molecule has 1 fully saturated rings. The van der Waals surface area contributed by atoms with Crippen molar-refractivity contribution in [1.82, 2.24) is 15.1 Å². The van der Waals surface area contributed by atoms with Gasteiger partial charge in [-0.1, -0.05) is 6.92 Å². The Bertz CT molecular complexity index is 362. The smallest absolute Gasteiger partial charge is 0.0651 e. The molecule has 0 radical (unpaired) electrons. The number of hydrogen-bond donors (Lipinski definition) is 1. The SMILES string of the molecule is CCc1n[nH]c(CN2CCC(COC)C2)c1C. The molecule has 0 amide bonds. The van der Waals surface area contributed by atoms with Crippen molar-refractivity contribution in [3.05, 3.63) is 17.0 Å². The lowest BCUT2D eigenvalue weighted by Gasteiger charge is -2.15. The van der Waals surface area contributed by atoms with Gasteiger partial charge in [-0.15, -0.1) is 0 Å².